The Morgan fingerprint density at radius 1 is 1.37 bits per heavy atom. The van der Waals surface area contributed by atoms with Crippen molar-refractivity contribution in [3.63, 3.8) is 0 Å². The molecule has 0 atom stereocenters. The summed E-state index contributed by atoms with van der Waals surface area (Å²) in [5.41, 5.74) is 0.696. The summed E-state index contributed by atoms with van der Waals surface area (Å²) in [6, 6.07) is 3.05. The summed E-state index contributed by atoms with van der Waals surface area (Å²) in [5.74, 6) is -0.624. The van der Waals surface area contributed by atoms with Crippen molar-refractivity contribution in [2.75, 3.05) is 18.4 Å². The lowest BCUT2D eigenvalue weighted by molar-refractivity contribution is -0.120. The van der Waals surface area contributed by atoms with Gasteiger partial charge in [-0.1, -0.05) is 13.8 Å². The van der Waals surface area contributed by atoms with Gasteiger partial charge in [-0.3, -0.25) is 4.79 Å². The Bertz CT molecular complexity index is 429. The summed E-state index contributed by atoms with van der Waals surface area (Å²) in [6.07, 6.45) is 1.81. The van der Waals surface area contributed by atoms with Gasteiger partial charge in [0, 0.05) is 19.5 Å². The van der Waals surface area contributed by atoms with E-state index in [1.54, 1.807) is 6.07 Å². The molecule has 0 unspecified atom stereocenters. The number of carboxylic acids is 1. The van der Waals surface area contributed by atoms with Crippen molar-refractivity contribution in [2.45, 2.75) is 20.3 Å². The molecule has 0 radical (unpaired) electrons. The normalized spacial score (nSPS) is 10.3. The lowest BCUT2D eigenvalue weighted by Crippen LogP contribution is -2.28. The minimum atomic E-state index is -1.06. The van der Waals surface area contributed by atoms with Gasteiger partial charge in [0.25, 0.3) is 0 Å². The van der Waals surface area contributed by atoms with E-state index in [0.29, 0.717) is 31.1 Å². The molecule has 3 N–H and O–H groups in total. The van der Waals surface area contributed by atoms with Crippen LogP contribution in [0.5, 0.6) is 0 Å². The number of carbonyl (C=O) groups is 2. The van der Waals surface area contributed by atoms with Crippen molar-refractivity contribution in [2.24, 2.45) is 5.92 Å². The number of pyridine rings is 1. The van der Waals surface area contributed by atoms with Crippen molar-refractivity contribution >= 4 is 17.6 Å². The van der Waals surface area contributed by atoms with Gasteiger partial charge in [0.05, 0.1) is 11.9 Å². The van der Waals surface area contributed by atoms with Crippen LogP contribution < -0.4 is 10.6 Å². The molecule has 1 heterocycles. The van der Waals surface area contributed by atoms with Crippen LogP contribution in [-0.2, 0) is 4.79 Å². The highest BCUT2D eigenvalue weighted by atomic mass is 16.4. The highest BCUT2D eigenvalue weighted by Crippen LogP contribution is 2.06. The maximum absolute atomic E-state index is 11.4. The Labute approximate surface area is 112 Å². The molecule has 6 heteroatoms. The van der Waals surface area contributed by atoms with Crippen LogP contribution in [0.3, 0.4) is 0 Å². The van der Waals surface area contributed by atoms with Crippen LogP contribution in [0, 0.1) is 5.92 Å². The Morgan fingerprint density at radius 3 is 2.63 bits per heavy atom. The molecule has 0 fully saturated rings. The Morgan fingerprint density at radius 2 is 2.11 bits per heavy atom. The van der Waals surface area contributed by atoms with Gasteiger partial charge in [0.15, 0.2) is 0 Å². The van der Waals surface area contributed by atoms with Crippen molar-refractivity contribution in [3.05, 3.63) is 24.0 Å². The van der Waals surface area contributed by atoms with Gasteiger partial charge in [-0.15, -0.1) is 0 Å². The topological polar surface area (TPSA) is 91.3 Å². The maximum Gasteiger partial charge on any atom is 0.354 e. The zero-order valence-electron chi connectivity index (χ0n) is 11.1. The van der Waals surface area contributed by atoms with Gasteiger partial charge in [-0.05, 0) is 18.1 Å². The first-order chi connectivity index (χ1) is 8.99. The Kier molecular flexibility index (Phi) is 5.78. The zero-order chi connectivity index (χ0) is 14.3. The van der Waals surface area contributed by atoms with Crippen molar-refractivity contribution in [1.29, 1.82) is 0 Å². The number of nitrogens with zero attached hydrogens (tertiary/aromatic N) is 1. The number of anilines is 1. The number of hydrogen-bond acceptors (Lipinski definition) is 4. The van der Waals surface area contributed by atoms with Gasteiger partial charge in [-0.2, -0.15) is 0 Å². The molecule has 1 aromatic rings. The van der Waals surface area contributed by atoms with E-state index in [2.05, 4.69) is 15.6 Å². The molecular formula is C13H19N3O3. The number of rotatable bonds is 7. The summed E-state index contributed by atoms with van der Waals surface area (Å²) < 4.78 is 0. The van der Waals surface area contributed by atoms with Gasteiger partial charge in [0.1, 0.15) is 5.69 Å². The molecule has 0 aliphatic rings. The van der Waals surface area contributed by atoms with Crippen LogP contribution in [0.4, 0.5) is 5.69 Å². The largest absolute Gasteiger partial charge is 0.477 e. The van der Waals surface area contributed by atoms with Gasteiger partial charge in [0.2, 0.25) is 5.91 Å². The van der Waals surface area contributed by atoms with E-state index in [9.17, 15) is 9.59 Å². The first kappa shape index (κ1) is 14.9. The lowest BCUT2D eigenvalue weighted by atomic mass is 10.2. The fourth-order valence-corrected chi connectivity index (χ4v) is 1.35. The van der Waals surface area contributed by atoms with E-state index in [-0.39, 0.29) is 11.6 Å². The highest BCUT2D eigenvalue weighted by molar-refractivity contribution is 5.85. The smallest absolute Gasteiger partial charge is 0.354 e. The van der Waals surface area contributed by atoms with Crippen molar-refractivity contribution in [1.82, 2.24) is 10.3 Å². The van der Waals surface area contributed by atoms with Gasteiger partial charge in [-0.25, -0.2) is 9.78 Å². The predicted octanol–water partition coefficient (Wildman–Crippen LogP) is 1.35. The van der Waals surface area contributed by atoms with E-state index >= 15 is 0 Å². The number of aromatic nitrogens is 1. The predicted molar refractivity (Wildman–Crippen MR) is 72.2 cm³/mol. The van der Waals surface area contributed by atoms with Crippen LogP contribution in [-0.4, -0.2) is 35.1 Å². The van der Waals surface area contributed by atoms with Gasteiger partial charge >= 0.3 is 5.97 Å². The minimum absolute atomic E-state index is 0.000210. The SMILES string of the molecule is CC(C)CNC(=O)CCNc1ccc(C(=O)O)nc1. The molecule has 1 aromatic heterocycles. The van der Waals surface area contributed by atoms with Crippen LogP contribution >= 0.6 is 0 Å². The Balaban J connectivity index is 2.29. The van der Waals surface area contributed by atoms with Crippen LogP contribution in [0.1, 0.15) is 30.8 Å². The third-order valence-corrected chi connectivity index (χ3v) is 2.37. The van der Waals surface area contributed by atoms with E-state index in [1.165, 1.54) is 12.3 Å². The maximum atomic E-state index is 11.4. The van der Waals surface area contributed by atoms with E-state index in [4.69, 9.17) is 5.11 Å². The molecule has 1 rings (SSSR count). The molecule has 6 nitrogen and oxygen atoms in total. The summed E-state index contributed by atoms with van der Waals surface area (Å²) >= 11 is 0. The molecule has 0 saturated carbocycles. The van der Waals surface area contributed by atoms with Crippen LogP contribution in [0.15, 0.2) is 18.3 Å². The average molecular weight is 265 g/mol. The molecule has 0 saturated heterocycles. The molecule has 1 amide bonds. The molecule has 0 bridgehead atoms. The molecule has 0 aromatic carbocycles. The minimum Gasteiger partial charge on any atom is -0.477 e. The van der Waals surface area contributed by atoms with Gasteiger partial charge < -0.3 is 15.7 Å². The third-order valence-electron chi connectivity index (χ3n) is 2.37. The lowest BCUT2D eigenvalue weighted by Gasteiger charge is -2.08. The number of hydrogen-bond donors (Lipinski definition) is 3. The molecular weight excluding hydrogens is 246 g/mol. The van der Waals surface area contributed by atoms with E-state index < -0.39 is 5.97 Å². The molecule has 104 valence electrons. The number of carbonyl (C=O) groups excluding carboxylic acids is 1. The van der Waals surface area contributed by atoms with Crippen molar-refractivity contribution in [3.8, 4) is 0 Å². The standard InChI is InChI=1S/C13H19N3O3/c1-9(2)7-16-12(17)5-6-14-10-3-4-11(13(18)19)15-8-10/h3-4,8-9,14H,5-7H2,1-2H3,(H,16,17)(H,18,19). The monoisotopic (exact) mass is 265 g/mol. The van der Waals surface area contributed by atoms with E-state index in [0.717, 1.165) is 0 Å². The molecule has 19 heavy (non-hydrogen) atoms. The van der Waals surface area contributed by atoms with Crippen molar-refractivity contribution < 1.29 is 14.7 Å². The van der Waals surface area contributed by atoms with Crippen LogP contribution in [0.2, 0.25) is 0 Å². The molecule has 0 aliphatic carbocycles. The molecule has 0 spiro atoms. The second-order valence-corrected chi connectivity index (χ2v) is 4.61. The average Bonchev–Trinajstić information content (AvgIpc) is 2.37. The number of aromatic carboxylic acids is 1. The summed E-state index contributed by atoms with van der Waals surface area (Å²) in [4.78, 5) is 25.8. The number of nitrogens with one attached hydrogen (secondary N) is 2. The fourth-order valence-electron chi connectivity index (χ4n) is 1.35. The summed E-state index contributed by atoms with van der Waals surface area (Å²) in [6.45, 7) is 5.23. The number of amides is 1. The zero-order valence-corrected chi connectivity index (χ0v) is 11.1. The molecule has 0 aliphatic heterocycles. The second kappa shape index (κ2) is 7.35. The van der Waals surface area contributed by atoms with E-state index in [1.807, 2.05) is 13.8 Å². The third kappa shape index (κ3) is 5.85. The highest BCUT2D eigenvalue weighted by Gasteiger charge is 2.04. The summed E-state index contributed by atoms with van der Waals surface area (Å²) in [7, 11) is 0. The fraction of sp³-hybridized carbons (Fsp3) is 0.462. The van der Waals surface area contributed by atoms with Crippen LogP contribution in [0.25, 0.3) is 0 Å². The number of carboxylic acid groups (broad SMARTS) is 1. The Hall–Kier alpha value is -2.11. The first-order valence-electron chi connectivity index (χ1n) is 6.19. The second-order valence-electron chi connectivity index (χ2n) is 4.61. The first-order valence-corrected chi connectivity index (χ1v) is 6.19. The summed E-state index contributed by atoms with van der Waals surface area (Å²) in [5, 5.41) is 14.5. The quantitative estimate of drug-likeness (QED) is 0.692.